The molecule has 143 valence electrons. The molecule has 0 amide bonds. The first-order valence-electron chi connectivity index (χ1n) is 9.33. The fraction of sp³-hybridized carbons (Fsp3) is 0.160. The van der Waals surface area contributed by atoms with Crippen LogP contribution in [0.3, 0.4) is 0 Å². The minimum atomic E-state index is -0.654. The first kappa shape index (κ1) is 20.3. The van der Waals surface area contributed by atoms with E-state index >= 15 is 0 Å². The van der Waals surface area contributed by atoms with Crippen LogP contribution in [0.5, 0.6) is 11.5 Å². The molecule has 1 N–H and O–H groups in total. The van der Waals surface area contributed by atoms with Crippen LogP contribution >= 0.6 is 0 Å². The number of rotatable bonds is 7. The molecular weight excluding hydrogens is 407 g/mol. The molecule has 0 aliphatic carbocycles. The zero-order valence-corrected chi connectivity index (χ0v) is 18.3. The van der Waals surface area contributed by atoms with Crippen LogP contribution in [-0.4, -0.2) is 26.4 Å². The number of phenolic OH excluding ortho intramolecular Hbond substituents is 1. The molecule has 0 bridgehead atoms. The third kappa shape index (κ3) is 5.30. The SMILES string of the molecule is [CH2]/C(=C(/c1ccc(O)cc1)c1ccc(OCC[As](C)C)cc1)c1ccccc1. The number of ether oxygens (including phenoxy) is 1. The molecule has 0 atom stereocenters. The van der Waals surface area contributed by atoms with Crippen molar-refractivity contribution in [2.24, 2.45) is 0 Å². The molecule has 0 heterocycles. The summed E-state index contributed by atoms with van der Waals surface area (Å²) in [5.41, 5.74) is 9.85. The Labute approximate surface area is 172 Å². The Morgan fingerprint density at radius 2 is 1.39 bits per heavy atom. The van der Waals surface area contributed by atoms with E-state index in [-0.39, 0.29) is 5.75 Å². The van der Waals surface area contributed by atoms with Crippen molar-refractivity contribution in [2.45, 2.75) is 16.6 Å². The molecule has 28 heavy (non-hydrogen) atoms. The van der Waals surface area contributed by atoms with Gasteiger partial charge in [0.1, 0.15) is 0 Å². The van der Waals surface area contributed by atoms with Crippen LogP contribution in [0.2, 0.25) is 16.6 Å². The zero-order valence-electron chi connectivity index (χ0n) is 16.4. The Morgan fingerprint density at radius 3 is 1.96 bits per heavy atom. The fourth-order valence-electron chi connectivity index (χ4n) is 2.99. The Balaban J connectivity index is 1.97. The minimum absolute atomic E-state index is 0.256. The van der Waals surface area contributed by atoms with Gasteiger partial charge in [0.25, 0.3) is 0 Å². The third-order valence-electron chi connectivity index (χ3n) is 4.53. The van der Waals surface area contributed by atoms with Gasteiger partial charge in [-0.05, 0) is 0 Å². The van der Waals surface area contributed by atoms with E-state index in [0.29, 0.717) is 0 Å². The van der Waals surface area contributed by atoms with E-state index in [1.165, 1.54) is 5.21 Å². The van der Waals surface area contributed by atoms with Crippen LogP contribution in [0.15, 0.2) is 78.9 Å². The van der Waals surface area contributed by atoms with Crippen molar-refractivity contribution in [2.75, 3.05) is 6.61 Å². The maximum atomic E-state index is 9.68. The Kier molecular flexibility index (Phi) is 7.00. The average Bonchev–Trinajstić information content (AvgIpc) is 2.71. The van der Waals surface area contributed by atoms with Crippen molar-refractivity contribution in [3.8, 4) is 11.5 Å². The van der Waals surface area contributed by atoms with Crippen LogP contribution in [0, 0.1) is 6.92 Å². The molecule has 0 fully saturated rings. The van der Waals surface area contributed by atoms with Crippen molar-refractivity contribution in [1.29, 1.82) is 0 Å². The summed E-state index contributed by atoms with van der Waals surface area (Å²) in [5, 5.41) is 10.9. The number of hydrogen-bond donors (Lipinski definition) is 1. The maximum absolute atomic E-state index is 9.68. The van der Waals surface area contributed by atoms with Gasteiger partial charge in [0.15, 0.2) is 0 Å². The molecule has 3 aromatic rings. The average molecular weight is 433 g/mol. The van der Waals surface area contributed by atoms with Gasteiger partial charge in [0.05, 0.1) is 0 Å². The van der Waals surface area contributed by atoms with Gasteiger partial charge < -0.3 is 5.11 Å². The summed E-state index contributed by atoms with van der Waals surface area (Å²) in [7, 11) is 0. The first-order chi connectivity index (χ1) is 13.5. The van der Waals surface area contributed by atoms with Crippen molar-refractivity contribution >= 4 is 25.8 Å². The molecular formula is C25H26AsO2. The van der Waals surface area contributed by atoms with Crippen LogP contribution < -0.4 is 4.74 Å². The topological polar surface area (TPSA) is 29.5 Å². The van der Waals surface area contributed by atoms with Crippen LogP contribution in [-0.2, 0) is 0 Å². The van der Waals surface area contributed by atoms with Crippen molar-refractivity contribution in [1.82, 2.24) is 0 Å². The summed E-state index contributed by atoms with van der Waals surface area (Å²) in [5.74, 6) is 1.15. The van der Waals surface area contributed by atoms with Gasteiger partial charge in [-0.1, -0.05) is 6.07 Å². The molecule has 2 nitrogen and oxygen atoms in total. The van der Waals surface area contributed by atoms with Gasteiger partial charge in [0.2, 0.25) is 0 Å². The summed E-state index contributed by atoms with van der Waals surface area (Å²) in [6, 6.07) is 25.7. The number of allylic oxidation sites excluding steroid dienone is 1. The van der Waals surface area contributed by atoms with Crippen LogP contribution in [0.4, 0.5) is 0 Å². The van der Waals surface area contributed by atoms with E-state index in [1.54, 1.807) is 12.1 Å². The Hall–Kier alpha value is -2.44. The second-order valence-electron chi connectivity index (χ2n) is 6.94. The second kappa shape index (κ2) is 9.66. The molecule has 0 unspecified atom stereocenters. The normalized spacial score (nSPS) is 12.0. The number of phenols is 1. The van der Waals surface area contributed by atoms with E-state index in [1.807, 2.05) is 42.5 Å². The molecule has 0 aromatic heterocycles. The van der Waals surface area contributed by atoms with Crippen molar-refractivity contribution < 1.29 is 9.84 Å². The van der Waals surface area contributed by atoms with Gasteiger partial charge in [0, 0.05) is 0 Å². The molecule has 0 aliphatic heterocycles. The van der Waals surface area contributed by atoms with Gasteiger partial charge in [-0.15, -0.1) is 0 Å². The monoisotopic (exact) mass is 433 g/mol. The van der Waals surface area contributed by atoms with E-state index < -0.39 is 14.7 Å². The molecule has 3 rings (SSSR count). The predicted octanol–water partition coefficient (Wildman–Crippen LogP) is 6.32. The third-order valence-corrected chi connectivity index (χ3v) is 6.79. The zero-order chi connectivity index (χ0) is 19.9. The molecule has 0 saturated carbocycles. The Morgan fingerprint density at radius 1 is 0.821 bits per heavy atom. The van der Waals surface area contributed by atoms with Gasteiger partial charge in [-0.3, -0.25) is 0 Å². The summed E-state index contributed by atoms with van der Waals surface area (Å²) in [6.45, 7) is 5.16. The number of aromatic hydroxyl groups is 1. The van der Waals surface area contributed by atoms with Crippen molar-refractivity contribution in [3.05, 3.63) is 102 Å². The van der Waals surface area contributed by atoms with E-state index in [0.717, 1.165) is 40.2 Å². The fourth-order valence-corrected chi connectivity index (χ4v) is 3.95. The van der Waals surface area contributed by atoms with Crippen LogP contribution in [0.1, 0.15) is 16.7 Å². The van der Waals surface area contributed by atoms with Crippen molar-refractivity contribution in [3.63, 3.8) is 0 Å². The molecule has 3 aromatic carbocycles. The first-order valence-corrected chi connectivity index (χ1v) is 14.4. The standard InChI is InChI=1S/C25H26AsO2/c1-19(20-7-5-4-6-8-20)25(21-9-13-23(27)14-10-21)22-11-15-24(16-12-22)28-18-17-26(2)3/h4-16,27H,1,17-18H2,2-3H3/b25-19+. The van der Waals surface area contributed by atoms with E-state index in [9.17, 15) is 5.11 Å². The Bertz CT molecular complexity index is 911. The molecule has 3 heteroatoms. The summed E-state index contributed by atoms with van der Waals surface area (Å²) in [6.07, 6.45) is 0. The van der Waals surface area contributed by atoms with E-state index in [2.05, 4.69) is 42.6 Å². The summed E-state index contributed by atoms with van der Waals surface area (Å²) in [4.78, 5) is 0. The molecule has 1 radical (unpaired) electrons. The van der Waals surface area contributed by atoms with E-state index in [4.69, 9.17) is 4.74 Å². The summed E-state index contributed by atoms with van der Waals surface area (Å²) >= 11 is -0.654. The summed E-state index contributed by atoms with van der Waals surface area (Å²) < 4.78 is 5.89. The second-order valence-corrected chi connectivity index (χ2v) is 12.4. The molecule has 0 saturated heterocycles. The quantitative estimate of drug-likeness (QED) is 0.349. The van der Waals surface area contributed by atoms with Gasteiger partial charge in [-0.25, -0.2) is 0 Å². The van der Waals surface area contributed by atoms with Gasteiger partial charge >= 0.3 is 162 Å². The van der Waals surface area contributed by atoms with Gasteiger partial charge in [-0.2, -0.15) is 0 Å². The van der Waals surface area contributed by atoms with Crippen LogP contribution in [0.25, 0.3) is 11.1 Å². The molecule has 0 aliphatic rings. The predicted molar refractivity (Wildman–Crippen MR) is 120 cm³/mol. The number of benzene rings is 3. The number of hydrogen-bond acceptors (Lipinski definition) is 2. The molecule has 0 spiro atoms.